The molecule has 7 heteroatoms. The van der Waals surface area contributed by atoms with E-state index in [2.05, 4.69) is 9.97 Å². The van der Waals surface area contributed by atoms with Crippen molar-refractivity contribution in [3.63, 3.8) is 0 Å². The first-order valence-corrected chi connectivity index (χ1v) is 9.44. The number of hydrogen-bond donors (Lipinski definition) is 1. The smallest absolute Gasteiger partial charge is 0.329 e. The number of fused-ring (bicyclic) bond motifs is 1. The van der Waals surface area contributed by atoms with Crippen molar-refractivity contribution in [3.8, 4) is 0 Å². The average molecular weight is 389 g/mol. The molecule has 2 aromatic carbocycles. The molecule has 4 rings (SSSR count). The summed E-state index contributed by atoms with van der Waals surface area (Å²) in [5.41, 5.74) is 3.22. The van der Waals surface area contributed by atoms with Gasteiger partial charge in [-0.15, -0.1) is 0 Å². The van der Waals surface area contributed by atoms with Crippen LogP contribution in [0.2, 0.25) is 0 Å². The molecule has 0 amide bonds. The van der Waals surface area contributed by atoms with Crippen LogP contribution in [0.4, 0.5) is 5.95 Å². The van der Waals surface area contributed by atoms with E-state index in [4.69, 9.17) is 0 Å². The quantitative estimate of drug-likeness (QED) is 0.569. The number of aromatic amines is 1. The molecular weight excluding hydrogens is 366 g/mol. The number of anilines is 1. The van der Waals surface area contributed by atoms with Gasteiger partial charge in [-0.05, 0) is 18.1 Å². The summed E-state index contributed by atoms with van der Waals surface area (Å²) in [5, 5.41) is 0. The van der Waals surface area contributed by atoms with Gasteiger partial charge >= 0.3 is 5.69 Å². The molecule has 0 bridgehead atoms. The van der Waals surface area contributed by atoms with E-state index in [1.807, 2.05) is 78.0 Å². The second-order valence-corrected chi connectivity index (χ2v) is 7.32. The Bertz CT molecular complexity index is 1270. The summed E-state index contributed by atoms with van der Waals surface area (Å²) in [7, 11) is 3.55. The number of nitrogens with one attached hydrogen (secondary N) is 1. The molecule has 2 aromatic heterocycles. The molecule has 4 aromatic rings. The fraction of sp³-hybridized carbons (Fsp3) is 0.227. The molecule has 0 radical (unpaired) electrons. The van der Waals surface area contributed by atoms with Crippen LogP contribution in [-0.4, -0.2) is 26.1 Å². The zero-order valence-corrected chi connectivity index (χ0v) is 16.7. The number of hydrogen-bond acceptors (Lipinski definition) is 4. The van der Waals surface area contributed by atoms with Gasteiger partial charge in [-0.25, -0.2) is 4.79 Å². The molecular formula is C22H23N5O2. The first-order chi connectivity index (χ1) is 13.9. The van der Waals surface area contributed by atoms with Gasteiger partial charge in [0.1, 0.15) is 0 Å². The minimum Gasteiger partial charge on any atom is -0.341 e. The Balaban J connectivity index is 1.86. The van der Waals surface area contributed by atoms with Crippen LogP contribution in [0, 0.1) is 6.92 Å². The number of aromatic nitrogens is 4. The van der Waals surface area contributed by atoms with Crippen molar-refractivity contribution >= 4 is 17.1 Å². The summed E-state index contributed by atoms with van der Waals surface area (Å²) >= 11 is 0. The number of aryl methyl sites for hydroxylation is 2. The number of imidazole rings is 1. The Kier molecular flexibility index (Phi) is 4.80. The Labute approximate surface area is 167 Å². The molecule has 0 spiro atoms. The molecule has 0 saturated heterocycles. The van der Waals surface area contributed by atoms with E-state index in [-0.39, 0.29) is 0 Å². The first kappa shape index (κ1) is 18.7. The molecule has 0 saturated carbocycles. The van der Waals surface area contributed by atoms with Crippen molar-refractivity contribution in [1.82, 2.24) is 19.1 Å². The maximum atomic E-state index is 12.7. The number of H-pyrrole nitrogens is 1. The van der Waals surface area contributed by atoms with Crippen LogP contribution in [0.15, 0.2) is 64.2 Å². The fourth-order valence-electron chi connectivity index (χ4n) is 3.47. The minimum atomic E-state index is -0.472. The van der Waals surface area contributed by atoms with E-state index in [9.17, 15) is 9.59 Å². The molecule has 148 valence electrons. The minimum absolute atomic E-state index is 0.376. The van der Waals surface area contributed by atoms with E-state index in [0.717, 1.165) is 11.1 Å². The van der Waals surface area contributed by atoms with Gasteiger partial charge in [0.25, 0.3) is 5.56 Å². The van der Waals surface area contributed by atoms with Crippen LogP contribution in [0.1, 0.15) is 16.7 Å². The molecule has 7 nitrogen and oxygen atoms in total. The van der Waals surface area contributed by atoms with Gasteiger partial charge in [0.2, 0.25) is 5.95 Å². The predicted molar refractivity (Wildman–Crippen MR) is 114 cm³/mol. The van der Waals surface area contributed by atoms with Gasteiger partial charge in [0, 0.05) is 20.6 Å². The molecule has 2 heterocycles. The second kappa shape index (κ2) is 7.43. The lowest BCUT2D eigenvalue weighted by atomic mass is 10.1. The van der Waals surface area contributed by atoms with Crippen molar-refractivity contribution in [3.05, 3.63) is 92.1 Å². The molecule has 29 heavy (non-hydrogen) atoms. The van der Waals surface area contributed by atoms with Crippen LogP contribution in [0.25, 0.3) is 11.2 Å². The third kappa shape index (κ3) is 3.59. The summed E-state index contributed by atoms with van der Waals surface area (Å²) in [5.74, 6) is 0.635. The monoisotopic (exact) mass is 389 g/mol. The third-order valence-electron chi connectivity index (χ3n) is 5.05. The predicted octanol–water partition coefficient (Wildman–Crippen LogP) is 2.42. The maximum absolute atomic E-state index is 12.7. The van der Waals surface area contributed by atoms with Gasteiger partial charge in [-0.1, -0.05) is 60.2 Å². The van der Waals surface area contributed by atoms with E-state index in [1.54, 1.807) is 7.05 Å². The van der Waals surface area contributed by atoms with Gasteiger partial charge < -0.3 is 4.90 Å². The Hall–Kier alpha value is -3.61. The highest BCUT2D eigenvalue weighted by atomic mass is 16.2. The Morgan fingerprint density at radius 3 is 2.38 bits per heavy atom. The molecule has 0 fully saturated rings. The zero-order chi connectivity index (χ0) is 20.5. The SMILES string of the molecule is Cc1ccc(Cn2c(N(C)Cc3ccccc3)nc3c2c(=O)[nH]c(=O)n3C)cc1. The van der Waals surface area contributed by atoms with Gasteiger partial charge in [0.15, 0.2) is 11.2 Å². The van der Waals surface area contributed by atoms with Crippen molar-refractivity contribution < 1.29 is 0 Å². The lowest BCUT2D eigenvalue weighted by Crippen LogP contribution is -2.29. The summed E-state index contributed by atoms with van der Waals surface area (Å²) < 4.78 is 3.25. The molecule has 0 unspecified atom stereocenters. The largest absolute Gasteiger partial charge is 0.341 e. The lowest BCUT2D eigenvalue weighted by molar-refractivity contribution is 0.763. The topological polar surface area (TPSA) is 75.9 Å². The Morgan fingerprint density at radius 1 is 1.00 bits per heavy atom. The Morgan fingerprint density at radius 2 is 1.69 bits per heavy atom. The number of nitrogens with zero attached hydrogens (tertiary/aromatic N) is 4. The highest BCUT2D eigenvalue weighted by molar-refractivity contribution is 5.74. The van der Waals surface area contributed by atoms with Crippen molar-refractivity contribution in [2.75, 3.05) is 11.9 Å². The lowest BCUT2D eigenvalue weighted by Gasteiger charge is -2.20. The van der Waals surface area contributed by atoms with Crippen molar-refractivity contribution in [2.45, 2.75) is 20.0 Å². The first-order valence-electron chi connectivity index (χ1n) is 9.44. The van der Waals surface area contributed by atoms with Crippen molar-refractivity contribution in [1.29, 1.82) is 0 Å². The van der Waals surface area contributed by atoms with Crippen LogP contribution >= 0.6 is 0 Å². The zero-order valence-electron chi connectivity index (χ0n) is 16.7. The van der Waals surface area contributed by atoms with E-state index in [1.165, 1.54) is 10.1 Å². The molecule has 0 aliphatic heterocycles. The van der Waals surface area contributed by atoms with E-state index in [0.29, 0.717) is 30.2 Å². The summed E-state index contributed by atoms with van der Waals surface area (Å²) in [4.78, 5) is 33.8. The summed E-state index contributed by atoms with van der Waals surface area (Å²) in [6.07, 6.45) is 0. The average Bonchev–Trinajstić information content (AvgIpc) is 3.09. The molecule has 0 aliphatic carbocycles. The summed E-state index contributed by atoms with van der Waals surface area (Å²) in [6.45, 7) is 3.15. The van der Waals surface area contributed by atoms with Crippen LogP contribution in [-0.2, 0) is 20.1 Å². The molecule has 1 N–H and O–H groups in total. The van der Waals surface area contributed by atoms with Gasteiger partial charge in [-0.2, -0.15) is 4.98 Å². The van der Waals surface area contributed by atoms with E-state index < -0.39 is 11.2 Å². The van der Waals surface area contributed by atoms with E-state index >= 15 is 0 Å². The number of rotatable bonds is 5. The normalized spacial score (nSPS) is 11.1. The standard InChI is InChI=1S/C22H23N5O2/c1-15-9-11-17(12-10-15)14-27-18-19(26(3)22(29)24-20(18)28)23-21(27)25(2)13-16-7-5-4-6-8-16/h4-12H,13-14H2,1-3H3,(H,24,28,29). The second-order valence-electron chi connectivity index (χ2n) is 7.32. The third-order valence-corrected chi connectivity index (χ3v) is 5.05. The van der Waals surface area contributed by atoms with Crippen LogP contribution < -0.4 is 16.1 Å². The summed E-state index contributed by atoms with van der Waals surface area (Å²) in [6, 6.07) is 18.2. The fourth-order valence-corrected chi connectivity index (χ4v) is 3.47. The van der Waals surface area contributed by atoms with Crippen LogP contribution in [0.3, 0.4) is 0 Å². The number of benzene rings is 2. The van der Waals surface area contributed by atoms with Crippen LogP contribution in [0.5, 0.6) is 0 Å². The maximum Gasteiger partial charge on any atom is 0.329 e. The van der Waals surface area contributed by atoms with Gasteiger partial charge in [-0.3, -0.25) is 18.9 Å². The molecule has 0 aliphatic rings. The highest BCUT2D eigenvalue weighted by Crippen LogP contribution is 2.22. The van der Waals surface area contributed by atoms with Gasteiger partial charge in [0.05, 0.1) is 6.54 Å². The van der Waals surface area contributed by atoms with Crippen molar-refractivity contribution in [2.24, 2.45) is 7.05 Å². The molecule has 0 atom stereocenters. The highest BCUT2D eigenvalue weighted by Gasteiger charge is 2.20.